The Bertz CT molecular complexity index is 280. The van der Waals surface area contributed by atoms with Gasteiger partial charge in [0.2, 0.25) is 0 Å². The van der Waals surface area contributed by atoms with Gasteiger partial charge < -0.3 is 5.32 Å². The molecule has 4 heteroatoms. The van der Waals surface area contributed by atoms with E-state index in [4.69, 9.17) is 0 Å². The van der Waals surface area contributed by atoms with E-state index >= 15 is 0 Å². The van der Waals surface area contributed by atoms with Crippen molar-refractivity contribution in [2.24, 2.45) is 16.7 Å². The molecule has 0 aromatic heterocycles. The zero-order chi connectivity index (χ0) is 12.2. The number of rotatable bonds is 2. The molecule has 0 radical (unpaired) electrons. The minimum absolute atomic E-state index is 0.000347. The second kappa shape index (κ2) is 3.37. The summed E-state index contributed by atoms with van der Waals surface area (Å²) in [6, 6.07) is 0.000347. The van der Waals surface area contributed by atoms with E-state index in [1.807, 2.05) is 0 Å². The van der Waals surface area contributed by atoms with Gasteiger partial charge in [-0.1, -0.05) is 20.8 Å². The van der Waals surface area contributed by atoms with Crippen LogP contribution in [0.4, 0.5) is 13.2 Å². The van der Waals surface area contributed by atoms with E-state index in [1.165, 1.54) is 6.42 Å². The summed E-state index contributed by atoms with van der Waals surface area (Å²) in [6.45, 7) is 5.49. The molecule has 0 saturated heterocycles. The lowest BCUT2D eigenvalue weighted by molar-refractivity contribution is -0.130. The lowest BCUT2D eigenvalue weighted by Crippen LogP contribution is -2.52. The Labute approximate surface area is 94.8 Å². The quantitative estimate of drug-likeness (QED) is 0.774. The van der Waals surface area contributed by atoms with Gasteiger partial charge in [0.05, 0.1) is 6.54 Å². The molecule has 1 N–H and O–H groups in total. The second-order valence-electron chi connectivity index (χ2n) is 6.34. The molecule has 1 nitrogen and oxygen atoms in total. The number of fused-ring (bicyclic) bond motifs is 2. The molecule has 2 bridgehead atoms. The van der Waals surface area contributed by atoms with Crippen molar-refractivity contribution in [2.75, 3.05) is 6.54 Å². The molecule has 0 aliphatic heterocycles. The molecule has 2 fully saturated rings. The van der Waals surface area contributed by atoms with Crippen LogP contribution in [0.25, 0.3) is 0 Å². The fourth-order valence-corrected chi connectivity index (χ4v) is 4.03. The molecule has 2 aliphatic rings. The fourth-order valence-electron chi connectivity index (χ4n) is 4.03. The van der Waals surface area contributed by atoms with Crippen molar-refractivity contribution in [2.45, 2.75) is 52.3 Å². The van der Waals surface area contributed by atoms with E-state index in [2.05, 4.69) is 26.1 Å². The molecule has 2 saturated carbocycles. The average Bonchev–Trinajstić information content (AvgIpc) is 2.52. The minimum Gasteiger partial charge on any atom is -0.305 e. The largest absolute Gasteiger partial charge is 0.401 e. The Morgan fingerprint density at radius 1 is 1.25 bits per heavy atom. The summed E-state index contributed by atoms with van der Waals surface area (Å²) in [5, 5.41) is 2.76. The molecule has 0 spiro atoms. The highest BCUT2D eigenvalue weighted by Crippen LogP contribution is 2.62. The second-order valence-corrected chi connectivity index (χ2v) is 6.34. The van der Waals surface area contributed by atoms with Gasteiger partial charge in [-0.2, -0.15) is 13.2 Å². The average molecular weight is 235 g/mol. The highest BCUT2D eigenvalue weighted by atomic mass is 19.4. The van der Waals surface area contributed by atoms with Gasteiger partial charge in [-0.15, -0.1) is 0 Å². The molecule has 94 valence electrons. The summed E-state index contributed by atoms with van der Waals surface area (Å²) in [5.74, 6) is 0.586. The van der Waals surface area contributed by atoms with Crippen LogP contribution in [-0.2, 0) is 0 Å². The van der Waals surface area contributed by atoms with E-state index in [1.54, 1.807) is 0 Å². The van der Waals surface area contributed by atoms with Gasteiger partial charge in [0.1, 0.15) is 0 Å². The van der Waals surface area contributed by atoms with Crippen LogP contribution in [-0.4, -0.2) is 18.8 Å². The van der Waals surface area contributed by atoms with Crippen LogP contribution in [0.15, 0.2) is 0 Å². The molecule has 2 rings (SSSR count). The van der Waals surface area contributed by atoms with Gasteiger partial charge in [0, 0.05) is 6.04 Å². The van der Waals surface area contributed by atoms with Crippen LogP contribution in [0.1, 0.15) is 40.0 Å². The van der Waals surface area contributed by atoms with Crippen molar-refractivity contribution in [1.82, 2.24) is 5.32 Å². The van der Waals surface area contributed by atoms with E-state index in [0.29, 0.717) is 5.92 Å². The third kappa shape index (κ3) is 1.85. The number of nitrogens with one attached hydrogen (secondary N) is 1. The fraction of sp³-hybridized carbons (Fsp3) is 1.00. The van der Waals surface area contributed by atoms with E-state index in [-0.39, 0.29) is 16.9 Å². The molecule has 1 unspecified atom stereocenters. The molecule has 0 heterocycles. The van der Waals surface area contributed by atoms with E-state index < -0.39 is 12.7 Å². The van der Waals surface area contributed by atoms with Crippen molar-refractivity contribution in [3.8, 4) is 0 Å². The molecule has 2 aliphatic carbocycles. The van der Waals surface area contributed by atoms with Gasteiger partial charge in [-0.05, 0) is 36.0 Å². The first-order chi connectivity index (χ1) is 7.15. The molecule has 0 amide bonds. The Hall–Kier alpha value is -0.250. The molecule has 0 aromatic carbocycles. The number of halogens is 3. The molecular weight excluding hydrogens is 215 g/mol. The van der Waals surface area contributed by atoms with Crippen LogP contribution >= 0.6 is 0 Å². The summed E-state index contributed by atoms with van der Waals surface area (Å²) in [6.07, 6.45) is -0.784. The Balaban J connectivity index is 2.08. The van der Waals surface area contributed by atoms with Crippen molar-refractivity contribution >= 4 is 0 Å². The van der Waals surface area contributed by atoms with Crippen molar-refractivity contribution in [3.63, 3.8) is 0 Å². The van der Waals surface area contributed by atoms with Gasteiger partial charge in [0.15, 0.2) is 0 Å². The summed E-state index contributed by atoms with van der Waals surface area (Å²) < 4.78 is 36.8. The Morgan fingerprint density at radius 3 is 2.31 bits per heavy atom. The zero-order valence-corrected chi connectivity index (χ0v) is 10.1. The SMILES string of the molecule is CC1(C)C(NCC(F)(F)F)[C@]2(C)CC[C@H]1C2. The summed E-state index contributed by atoms with van der Waals surface area (Å²) >= 11 is 0. The van der Waals surface area contributed by atoms with Crippen LogP contribution in [0, 0.1) is 16.7 Å². The standard InChI is InChI=1S/C12H20F3N/c1-10(2)8-4-5-11(3,6-8)9(10)16-7-12(13,14)15/h8-9,16H,4-7H2,1-3H3/t8-,9?,11+/m0/s1. The lowest BCUT2D eigenvalue weighted by atomic mass is 9.68. The maximum atomic E-state index is 12.3. The van der Waals surface area contributed by atoms with Gasteiger partial charge in [-0.25, -0.2) is 0 Å². The highest BCUT2D eigenvalue weighted by Gasteiger charge is 2.59. The first-order valence-electron chi connectivity index (χ1n) is 5.95. The van der Waals surface area contributed by atoms with Crippen LogP contribution in [0.2, 0.25) is 0 Å². The number of hydrogen-bond donors (Lipinski definition) is 1. The molecule has 3 atom stereocenters. The molecular formula is C12H20F3N. The highest BCUT2D eigenvalue weighted by molar-refractivity contribution is 5.12. The molecule has 16 heavy (non-hydrogen) atoms. The summed E-state index contributed by atoms with van der Waals surface area (Å²) in [4.78, 5) is 0. The van der Waals surface area contributed by atoms with Crippen molar-refractivity contribution in [1.29, 1.82) is 0 Å². The van der Waals surface area contributed by atoms with Crippen LogP contribution in [0.5, 0.6) is 0 Å². The maximum Gasteiger partial charge on any atom is 0.401 e. The van der Waals surface area contributed by atoms with Crippen LogP contribution < -0.4 is 5.32 Å². The van der Waals surface area contributed by atoms with Gasteiger partial charge >= 0.3 is 6.18 Å². The van der Waals surface area contributed by atoms with Crippen molar-refractivity contribution in [3.05, 3.63) is 0 Å². The maximum absolute atomic E-state index is 12.3. The normalized spacial score (nSPS) is 41.6. The topological polar surface area (TPSA) is 12.0 Å². The van der Waals surface area contributed by atoms with E-state index in [9.17, 15) is 13.2 Å². The minimum atomic E-state index is -4.10. The van der Waals surface area contributed by atoms with Gasteiger partial charge in [-0.3, -0.25) is 0 Å². The smallest absolute Gasteiger partial charge is 0.305 e. The van der Waals surface area contributed by atoms with Crippen molar-refractivity contribution < 1.29 is 13.2 Å². The predicted molar refractivity (Wildman–Crippen MR) is 57.1 cm³/mol. The Morgan fingerprint density at radius 2 is 1.88 bits per heavy atom. The first kappa shape index (κ1) is 12.2. The first-order valence-corrected chi connectivity index (χ1v) is 5.95. The van der Waals surface area contributed by atoms with Gasteiger partial charge in [0.25, 0.3) is 0 Å². The third-order valence-corrected chi connectivity index (χ3v) is 4.78. The summed E-state index contributed by atoms with van der Waals surface area (Å²) in [7, 11) is 0. The monoisotopic (exact) mass is 235 g/mol. The summed E-state index contributed by atoms with van der Waals surface area (Å²) in [5.41, 5.74) is 0.0671. The predicted octanol–water partition coefficient (Wildman–Crippen LogP) is 3.35. The zero-order valence-electron chi connectivity index (χ0n) is 10.1. The third-order valence-electron chi connectivity index (χ3n) is 4.78. The number of alkyl halides is 3. The molecule has 0 aromatic rings. The van der Waals surface area contributed by atoms with Crippen LogP contribution in [0.3, 0.4) is 0 Å². The number of hydrogen-bond acceptors (Lipinski definition) is 1. The Kier molecular flexibility index (Phi) is 2.58. The van der Waals surface area contributed by atoms with E-state index in [0.717, 1.165) is 12.8 Å². The lowest BCUT2D eigenvalue weighted by Gasteiger charge is -2.43.